The molecule has 1 aromatic carbocycles. The molecule has 1 aliphatic rings. The fourth-order valence-corrected chi connectivity index (χ4v) is 3.03. The third-order valence-corrected chi connectivity index (χ3v) is 4.50. The van der Waals surface area contributed by atoms with Crippen LogP contribution < -0.4 is 25.0 Å². The van der Waals surface area contributed by atoms with Crippen LogP contribution in [0, 0.1) is 0 Å². The van der Waals surface area contributed by atoms with E-state index in [4.69, 9.17) is 9.47 Å². The molecule has 1 aromatic rings. The fourth-order valence-electron chi connectivity index (χ4n) is 3.03. The van der Waals surface area contributed by atoms with Crippen LogP contribution in [0.25, 0.3) is 0 Å². The summed E-state index contributed by atoms with van der Waals surface area (Å²) in [6.45, 7) is 6.25. The van der Waals surface area contributed by atoms with Crippen molar-refractivity contribution in [2.24, 2.45) is 0 Å². The van der Waals surface area contributed by atoms with Crippen LogP contribution in [0.1, 0.15) is 23.2 Å². The van der Waals surface area contributed by atoms with Gasteiger partial charge in [-0.05, 0) is 12.1 Å². The van der Waals surface area contributed by atoms with Crippen LogP contribution in [0.15, 0.2) is 30.9 Å². The number of ether oxygens (including phenoxy) is 2. The van der Waals surface area contributed by atoms with Gasteiger partial charge in [0.2, 0.25) is 0 Å². The van der Waals surface area contributed by atoms with Crippen LogP contribution in [0.3, 0.4) is 0 Å². The Labute approximate surface area is 154 Å². The maximum Gasteiger partial charge on any atom is 0.275 e. The maximum absolute atomic E-state index is 12.5. The molecule has 2 amide bonds. The lowest BCUT2D eigenvalue weighted by Crippen LogP contribution is -3.14. The highest BCUT2D eigenvalue weighted by atomic mass is 16.5. The molecule has 0 atom stereocenters. The van der Waals surface area contributed by atoms with Gasteiger partial charge in [-0.25, -0.2) is 0 Å². The van der Waals surface area contributed by atoms with E-state index in [0.717, 1.165) is 25.9 Å². The number of likely N-dealkylation sites (tertiary alicyclic amines) is 1. The van der Waals surface area contributed by atoms with Gasteiger partial charge in [-0.3, -0.25) is 9.59 Å². The van der Waals surface area contributed by atoms with E-state index in [1.807, 2.05) is 0 Å². The zero-order chi connectivity index (χ0) is 18.9. The summed E-state index contributed by atoms with van der Waals surface area (Å²) in [5.41, 5.74) is 0.514. The van der Waals surface area contributed by atoms with E-state index in [1.54, 1.807) is 38.5 Å². The zero-order valence-corrected chi connectivity index (χ0v) is 15.5. The molecule has 26 heavy (non-hydrogen) atoms. The molecule has 2 rings (SSSR count). The van der Waals surface area contributed by atoms with E-state index < -0.39 is 0 Å². The van der Waals surface area contributed by atoms with Crippen LogP contribution in [0.2, 0.25) is 0 Å². The number of nitrogens with one attached hydrogen (secondary N) is 3. The predicted octanol–water partition coefficient (Wildman–Crippen LogP) is -0.217. The van der Waals surface area contributed by atoms with Crippen molar-refractivity contribution in [1.82, 2.24) is 10.6 Å². The number of carbonyl (C=O) groups is 2. The van der Waals surface area contributed by atoms with Crippen molar-refractivity contribution >= 4 is 11.8 Å². The first-order chi connectivity index (χ1) is 12.5. The largest absolute Gasteiger partial charge is 0.497 e. The number of rotatable bonds is 8. The lowest BCUT2D eigenvalue weighted by atomic mass is 10.0. The molecule has 1 saturated heterocycles. The van der Waals surface area contributed by atoms with E-state index in [1.165, 1.54) is 4.90 Å². The van der Waals surface area contributed by atoms with E-state index in [2.05, 4.69) is 17.2 Å². The minimum atomic E-state index is -0.139. The SMILES string of the molecule is C=CCNC(=O)C[NH+]1CCC(NC(=O)c2cc(OC)cc(OC)c2)CC1. The third kappa shape index (κ3) is 5.77. The topological polar surface area (TPSA) is 81.1 Å². The highest BCUT2D eigenvalue weighted by molar-refractivity contribution is 5.95. The summed E-state index contributed by atoms with van der Waals surface area (Å²) in [6.07, 6.45) is 3.36. The second-order valence-corrected chi connectivity index (χ2v) is 6.37. The van der Waals surface area contributed by atoms with Crippen molar-refractivity contribution in [3.8, 4) is 11.5 Å². The molecule has 0 radical (unpaired) electrons. The van der Waals surface area contributed by atoms with Crippen LogP contribution in [0.4, 0.5) is 0 Å². The van der Waals surface area contributed by atoms with Gasteiger partial charge >= 0.3 is 0 Å². The first-order valence-corrected chi connectivity index (χ1v) is 8.80. The first kappa shape index (κ1) is 19.8. The van der Waals surface area contributed by atoms with Crippen LogP contribution >= 0.6 is 0 Å². The van der Waals surface area contributed by atoms with E-state index in [-0.39, 0.29) is 17.9 Å². The fraction of sp³-hybridized carbons (Fsp3) is 0.474. The predicted molar refractivity (Wildman–Crippen MR) is 98.8 cm³/mol. The molecule has 7 nitrogen and oxygen atoms in total. The molecule has 1 aliphatic heterocycles. The van der Waals surface area contributed by atoms with Gasteiger partial charge in [0, 0.05) is 37.1 Å². The van der Waals surface area contributed by atoms with E-state index in [0.29, 0.717) is 30.2 Å². The Morgan fingerprint density at radius 3 is 2.35 bits per heavy atom. The summed E-state index contributed by atoms with van der Waals surface area (Å²) in [6, 6.07) is 5.24. The average molecular weight is 362 g/mol. The Hall–Kier alpha value is -2.54. The van der Waals surface area contributed by atoms with Gasteiger partial charge in [-0.15, -0.1) is 6.58 Å². The molecule has 1 heterocycles. The number of amides is 2. The number of piperidine rings is 1. The summed E-state index contributed by atoms with van der Waals surface area (Å²) >= 11 is 0. The Morgan fingerprint density at radius 2 is 1.81 bits per heavy atom. The average Bonchev–Trinajstić information content (AvgIpc) is 2.67. The molecule has 0 saturated carbocycles. The van der Waals surface area contributed by atoms with Crippen molar-refractivity contribution < 1.29 is 24.0 Å². The van der Waals surface area contributed by atoms with Crippen LogP contribution in [-0.4, -0.2) is 58.3 Å². The molecule has 7 heteroatoms. The van der Waals surface area contributed by atoms with Gasteiger partial charge in [0.25, 0.3) is 11.8 Å². The highest BCUT2D eigenvalue weighted by Crippen LogP contribution is 2.22. The zero-order valence-electron chi connectivity index (χ0n) is 15.5. The second-order valence-electron chi connectivity index (χ2n) is 6.37. The van der Waals surface area contributed by atoms with Gasteiger partial charge in [0.05, 0.1) is 27.3 Å². The van der Waals surface area contributed by atoms with Gasteiger partial charge in [0.1, 0.15) is 11.5 Å². The summed E-state index contributed by atoms with van der Waals surface area (Å²) in [5, 5.41) is 5.86. The Morgan fingerprint density at radius 1 is 1.19 bits per heavy atom. The molecule has 3 N–H and O–H groups in total. The van der Waals surface area contributed by atoms with Crippen molar-refractivity contribution in [2.45, 2.75) is 18.9 Å². The van der Waals surface area contributed by atoms with E-state index >= 15 is 0 Å². The molecule has 0 aromatic heterocycles. The number of hydrogen-bond donors (Lipinski definition) is 3. The van der Waals surface area contributed by atoms with Crippen molar-refractivity contribution in [1.29, 1.82) is 0 Å². The van der Waals surface area contributed by atoms with Crippen molar-refractivity contribution in [3.63, 3.8) is 0 Å². The first-order valence-electron chi connectivity index (χ1n) is 8.80. The molecular formula is C19H28N3O4+. The molecule has 1 fully saturated rings. The lowest BCUT2D eigenvalue weighted by Gasteiger charge is -2.29. The smallest absolute Gasteiger partial charge is 0.275 e. The molecular weight excluding hydrogens is 334 g/mol. The van der Waals surface area contributed by atoms with Crippen molar-refractivity contribution in [2.75, 3.05) is 40.4 Å². The van der Waals surface area contributed by atoms with Crippen LogP contribution in [0.5, 0.6) is 11.5 Å². The molecule has 0 bridgehead atoms. The number of benzene rings is 1. The van der Waals surface area contributed by atoms with Crippen LogP contribution in [-0.2, 0) is 4.79 Å². The van der Waals surface area contributed by atoms with Gasteiger partial charge in [-0.1, -0.05) is 6.08 Å². The van der Waals surface area contributed by atoms with Gasteiger partial charge < -0.3 is 25.0 Å². The van der Waals surface area contributed by atoms with Gasteiger partial charge in [0.15, 0.2) is 6.54 Å². The summed E-state index contributed by atoms with van der Waals surface area (Å²) in [4.78, 5) is 25.5. The quantitative estimate of drug-likeness (QED) is 0.559. The minimum Gasteiger partial charge on any atom is -0.497 e. The third-order valence-electron chi connectivity index (χ3n) is 4.50. The highest BCUT2D eigenvalue weighted by Gasteiger charge is 2.25. The minimum absolute atomic E-state index is 0.0332. The summed E-state index contributed by atoms with van der Waals surface area (Å²) in [7, 11) is 3.11. The molecule has 0 aliphatic carbocycles. The number of hydrogen-bond acceptors (Lipinski definition) is 4. The number of carbonyl (C=O) groups excluding carboxylic acids is 2. The van der Waals surface area contributed by atoms with E-state index in [9.17, 15) is 9.59 Å². The standard InChI is InChI=1S/C19H27N3O4/c1-4-7-20-18(23)13-22-8-5-15(6-9-22)21-19(24)14-10-16(25-2)12-17(11-14)26-3/h4,10-12,15H,1,5-9,13H2,2-3H3,(H,20,23)(H,21,24)/p+1. The maximum atomic E-state index is 12.5. The number of quaternary nitrogens is 1. The summed E-state index contributed by atoms with van der Waals surface area (Å²) < 4.78 is 10.4. The second kappa shape index (κ2) is 9.82. The Kier molecular flexibility index (Phi) is 7.47. The summed E-state index contributed by atoms with van der Waals surface area (Å²) in [5.74, 6) is 1.06. The molecule has 142 valence electrons. The number of methoxy groups -OCH3 is 2. The Balaban J connectivity index is 1.84. The Bertz CT molecular complexity index is 617. The van der Waals surface area contributed by atoms with Crippen molar-refractivity contribution in [3.05, 3.63) is 36.4 Å². The lowest BCUT2D eigenvalue weighted by molar-refractivity contribution is -0.897. The monoisotopic (exact) mass is 362 g/mol. The normalized spacial score (nSPS) is 19.3. The molecule has 0 unspecified atom stereocenters. The molecule has 0 spiro atoms. The van der Waals surface area contributed by atoms with Gasteiger partial charge in [-0.2, -0.15) is 0 Å².